The molecule has 0 aliphatic heterocycles. The summed E-state index contributed by atoms with van der Waals surface area (Å²) in [4.78, 5) is 11.6. The number of aryl methyl sites for hydroxylation is 1. The molecule has 0 radical (unpaired) electrons. The lowest BCUT2D eigenvalue weighted by atomic mass is 10.4. The summed E-state index contributed by atoms with van der Waals surface area (Å²) in [7, 11) is 0. The number of anilines is 1. The van der Waals surface area contributed by atoms with Crippen molar-refractivity contribution in [3.63, 3.8) is 0 Å². The molecule has 0 bridgehead atoms. The third-order valence-electron chi connectivity index (χ3n) is 2.12. The molecule has 1 aromatic heterocycles. The minimum atomic E-state index is -0.505. The monoisotopic (exact) mass is 241 g/mol. The summed E-state index contributed by atoms with van der Waals surface area (Å²) in [6, 6.07) is 0. The fourth-order valence-corrected chi connectivity index (χ4v) is 1.27. The quantitative estimate of drug-likeness (QED) is 0.570. The molecule has 0 aromatic carbocycles. The van der Waals surface area contributed by atoms with Crippen LogP contribution in [0.5, 0.6) is 0 Å². The van der Waals surface area contributed by atoms with E-state index in [1.165, 1.54) is 0 Å². The van der Waals surface area contributed by atoms with Gasteiger partial charge < -0.3 is 15.2 Å². The van der Waals surface area contributed by atoms with Crippen LogP contribution in [0, 0.1) is 0 Å². The molecule has 6 heteroatoms. The van der Waals surface area contributed by atoms with Gasteiger partial charge in [-0.25, -0.2) is 4.79 Å². The molecule has 1 aromatic rings. The Balaban J connectivity index is 2.38. The van der Waals surface area contributed by atoms with E-state index >= 15 is 0 Å². The van der Waals surface area contributed by atoms with Crippen LogP contribution in [0.15, 0.2) is 6.20 Å². The summed E-state index contributed by atoms with van der Waals surface area (Å²) in [6.45, 7) is 5.89. The topological polar surface area (TPSA) is 79.4 Å². The average molecular weight is 241 g/mol. The third kappa shape index (κ3) is 4.07. The Morgan fingerprint density at radius 3 is 2.76 bits per heavy atom. The van der Waals surface area contributed by atoms with Gasteiger partial charge in [-0.15, -0.1) is 0 Å². The van der Waals surface area contributed by atoms with E-state index in [0.717, 1.165) is 6.42 Å². The van der Waals surface area contributed by atoms with Gasteiger partial charge in [-0.05, 0) is 13.3 Å². The molecular weight excluding hydrogens is 222 g/mol. The maximum absolute atomic E-state index is 11.6. The molecule has 6 nitrogen and oxygen atoms in total. The van der Waals surface area contributed by atoms with Crippen molar-refractivity contribution in [1.82, 2.24) is 9.78 Å². The van der Waals surface area contributed by atoms with Gasteiger partial charge >= 0.3 is 5.97 Å². The van der Waals surface area contributed by atoms with E-state index in [2.05, 4.69) is 5.10 Å². The van der Waals surface area contributed by atoms with Gasteiger partial charge in [-0.2, -0.15) is 5.10 Å². The number of nitrogens with two attached hydrogens (primary N) is 1. The van der Waals surface area contributed by atoms with Crippen molar-refractivity contribution in [1.29, 1.82) is 0 Å². The summed E-state index contributed by atoms with van der Waals surface area (Å²) in [5.74, 6) is -0.505. The molecule has 0 saturated heterocycles. The molecule has 0 aliphatic carbocycles. The average Bonchev–Trinajstić information content (AvgIpc) is 2.70. The number of carbonyl (C=O) groups excluding carboxylic acids is 1. The van der Waals surface area contributed by atoms with E-state index in [1.807, 2.05) is 13.8 Å². The van der Waals surface area contributed by atoms with Crippen molar-refractivity contribution in [2.75, 3.05) is 25.6 Å². The van der Waals surface area contributed by atoms with E-state index in [-0.39, 0.29) is 12.3 Å². The van der Waals surface area contributed by atoms with Crippen LogP contribution in [0.25, 0.3) is 0 Å². The number of nitrogens with zero attached hydrogens (tertiary/aromatic N) is 2. The zero-order valence-corrected chi connectivity index (χ0v) is 10.3. The van der Waals surface area contributed by atoms with Crippen LogP contribution in [0.3, 0.4) is 0 Å². The number of carbonyl (C=O) groups is 1. The molecule has 1 heterocycles. The number of rotatable bonds is 7. The molecule has 0 amide bonds. The van der Waals surface area contributed by atoms with Crippen LogP contribution in [-0.4, -0.2) is 35.6 Å². The highest BCUT2D eigenvalue weighted by molar-refractivity contribution is 5.92. The van der Waals surface area contributed by atoms with Crippen LogP contribution >= 0.6 is 0 Å². The minimum absolute atomic E-state index is 0.169. The fourth-order valence-electron chi connectivity index (χ4n) is 1.27. The van der Waals surface area contributed by atoms with Gasteiger partial charge in [0.05, 0.1) is 12.3 Å². The van der Waals surface area contributed by atoms with Gasteiger partial charge in [0.15, 0.2) is 5.69 Å². The maximum Gasteiger partial charge on any atom is 0.361 e. The first-order chi connectivity index (χ1) is 8.19. The van der Waals surface area contributed by atoms with E-state index in [1.54, 1.807) is 10.9 Å². The molecule has 0 spiro atoms. The van der Waals surface area contributed by atoms with Crippen molar-refractivity contribution >= 4 is 11.7 Å². The molecule has 96 valence electrons. The smallest absolute Gasteiger partial charge is 0.361 e. The molecule has 1 rings (SSSR count). The Kier molecular flexibility index (Phi) is 5.48. The van der Waals surface area contributed by atoms with Crippen LogP contribution in [0.2, 0.25) is 0 Å². The fraction of sp³-hybridized carbons (Fsp3) is 0.636. The number of nitrogen functional groups attached to an aromatic ring is 1. The second kappa shape index (κ2) is 6.90. The molecule has 0 atom stereocenters. The van der Waals surface area contributed by atoms with E-state index in [0.29, 0.717) is 25.4 Å². The second-order valence-corrected chi connectivity index (χ2v) is 3.54. The number of hydrogen-bond donors (Lipinski definition) is 1. The first-order valence-electron chi connectivity index (χ1n) is 5.76. The SMILES string of the molecule is CCCOCCOC(=O)c1nn(CC)cc1N. The van der Waals surface area contributed by atoms with Crippen LogP contribution in [0.4, 0.5) is 5.69 Å². The van der Waals surface area contributed by atoms with E-state index in [4.69, 9.17) is 15.2 Å². The molecular formula is C11H19N3O3. The molecule has 0 aliphatic rings. The van der Waals surface area contributed by atoms with Crippen LogP contribution in [0.1, 0.15) is 30.8 Å². The maximum atomic E-state index is 11.6. The summed E-state index contributed by atoms with van der Waals surface area (Å²) in [6.07, 6.45) is 2.56. The third-order valence-corrected chi connectivity index (χ3v) is 2.12. The summed E-state index contributed by atoms with van der Waals surface area (Å²) < 4.78 is 11.8. The molecule has 0 saturated carbocycles. The molecule has 17 heavy (non-hydrogen) atoms. The largest absolute Gasteiger partial charge is 0.458 e. The first-order valence-corrected chi connectivity index (χ1v) is 5.76. The Bertz CT molecular complexity index is 363. The zero-order valence-electron chi connectivity index (χ0n) is 10.3. The van der Waals surface area contributed by atoms with Gasteiger partial charge in [-0.1, -0.05) is 6.92 Å². The van der Waals surface area contributed by atoms with E-state index in [9.17, 15) is 4.79 Å². The number of aromatic nitrogens is 2. The predicted octanol–water partition coefficient (Wildman–Crippen LogP) is 1.07. The van der Waals surface area contributed by atoms with E-state index < -0.39 is 5.97 Å². The van der Waals surface area contributed by atoms with Crippen molar-refractivity contribution in [3.05, 3.63) is 11.9 Å². The molecule has 0 unspecified atom stereocenters. The van der Waals surface area contributed by atoms with Gasteiger partial charge in [0.1, 0.15) is 6.61 Å². The first kappa shape index (κ1) is 13.5. The van der Waals surface area contributed by atoms with Gasteiger partial charge in [0.2, 0.25) is 0 Å². The van der Waals surface area contributed by atoms with Crippen molar-refractivity contribution < 1.29 is 14.3 Å². The zero-order chi connectivity index (χ0) is 12.7. The minimum Gasteiger partial charge on any atom is -0.458 e. The second-order valence-electron chi connectivity index (χ2n) is 3.54. The summed E-state index contributed by atoms with van der Waals surface area (Å²) in [5, 5.41) is 4.02. The number of ether oxygens (including phenoxy) is 2. The summed E-state index contributed by atoms with van der Waals surface area (Å²) in [5.41, 5.74) is 6.16. The molecule has 0 fully saturated rings. The number of hydrogen-bond acceptors (Lipinski definition) is 5. The van der Waals surface area contributed by atoms with Crippen molar-refractivity contribution in [2.24, 2.45) is 0 Å². The highest BCUT2D eigenvalue weighted by atomic mass is 16.6. The van der Waals surface area contributed by atoms with Crippen molar-refractivity contribution in [3.8, 4) is 0 Å². The van der Waals surface area contributed by atoms with Gasteiger partial charge in [0.25, 0.3) is 0 Å². The Morgan fingerprint density at radius 2 is 2.18 bits per heavy atom. The lowest BCUT2D eigenvalue weighted by Crippen LogP contribution is -2.13. The van der Waals surface area contributed by atoms with Crippen LogP contribution in [-0.2, 0) is 16.0 Å². The Hall–Kier alpha value is -1.56. The standard InChI is InChI=1S/C11H19N3O3/c1-3-5-16-6-7-17-11(15)10-9(12)8-14(4-2)13-10/h8H,3-7,12H2,1-2H3. The van der Waals surface area contributed by atoms with Crippen molar-refractivity contribution in [2.45, 2.75) is 26.8 Å². The normalized spacial score (nSPS) is 10.5. The lowest BCUT2D eigenvalue weighted by Gasteiger charge is -2.04. The van der Waals surface area contributed by atoms with Gasteiger partial charge in [-0.3, -0.25) is 4.68 Å². The van der Waals surface area contributed by atoms with Gasteiger partial charge in [0, 0.05) is 19.3 Å². The molecule has 2 N–H and O–H groups in total. The lowest BCUT2D eigenvalue weighted by molar-refractivity contribution is 0.0313. The number of esters is 1. The Morgan fingerprint density at radius 1 is 1.41 bits per heavy atom. The highest BCUT2D eigenvalue weighted by Crippen LogP contribution is 2.10. The Labute approximate surface area is 101 Å². The highest BCUT2D eigenvalue weighted by Gasteiger charge is 2.15. The summed E-state index contributed by atoms with van der Waals surface area (Å²) >= 11 is 0. The van der Waals surface area contributed by atoms with Crippen LogP contribution < -0.4 is 5.73 Å². The predicted molar refractivity (Wildman–Crippen MR) is 63.7 cm³/mol.